The first-order chi connectivity index (χ1) is 27.1. The molecule has 13 heteroatoms. The lowest BCUT2D eigenvalue weighted by Gasteiger charge is -2.24. The summed E-state index contributed by atoms with van der Waals surface area (Å²) in [4.78, 5) is 69.7. The van der Waals surface area contributed by atoms with Crippen LogP contribution in [0.25, 0.3) is 0 Å². The van der Waals surface area contributed by atoms with E-state index in [9.17, 15) is 19.2 Å². The molecule has 0 atom stereocenters. The number of pyridine rings is 2. The molecule has 4 aromatic rings. The second-order valence-corrected chi connectivity index (χ2v) is 15.0. The summed E-state index contributed by atoms with van der Waals surface area (Å²) in [5.41, 5.74) is 5.63. The van der Waals surface area contributed by atoms with E-state index in [1.54, 1.807) is 24.5 Å². The molecule has 0 fully saturated rings. The maximum Gasteiger partial charge on any atom is 0.198 e. The number of nitrogens with one attached hydrogen (secondary N) is 4. The lowest BCUT2D eigenvalue weighted by Crippen LogP contribution is -2.27. The highest BCUT2D eigenvalue weighted by atomic mass is 16.1. The van der Waals surface area contributed by atoms with Gasteiger partial charge in [0.15, 0.2) is 23.1 Å². The molecule has 2 aromatic carbocycles. The Hall–Kier alpha value is -5.50. The van der Waals surface area contributed by atoms with Gasteiger partial charge in [-0.15, -0.1) is 0 Å². The van der Waals surface area contributed by atoms with Crippen molar-refractivity contribution in [1.82, 2.24) is 24.7 Å². The van der Waals surface area contributed by atoms with Crippen LogP contribution in [0.2, 0.25) is 0 Å². The van der Waals surface area contributed by atoms with Crippen LogP contribution >= 0.6 is 0 Å². The Kier molecular flexibility index (Phi) is 13.2. The molecular formula is C43H53N9O4. The van der Waals surface area contributed by atoms with Gasteiger partial charge < -0.3 is 36.0 Å². The Morgan fingerprint density at radius 3 is 1.05 bits per heavy atom. The Labute approximate surface area is 329 Å². The minimum Gasteiger partial charge on any atom is -0.384 e. The third-order valence-electron chi connectivity index (χ3n) is 10.2. The van der Waals surface area contributed by atoms with E-state index in [1.165, 1.54) is 12.4 Å². The van der Waals surface area contributed by atoms with E-state index in [2.05, 4.69) is 53.0 Å². The number of carbonyl (C=O) groups is 4. The highest BCUT2D eigenvalue weighted by molar-refractivity contribution is 6.32. The second kappa shape index (κ2) is 18.4. The summed E-state index contributed by atoms with van der Waals surface area (Å²) in [5.74, 6) is -0.756. The third-order valence-corrected chi connectivity index (χ3v) is 10.2. The Morgan fingerprint density at radius 2 is 0.732 bits per heavy atom. The van der Waals surface area contributed by atoms with E-state index >= 15 is 0 Å². The summed E-state index contributed by atoms with van der Waals surface area (Å²) >= 11 is 0. The maximum atomic E-state index is 13.8. The van der Waals surface area contributed by atoms with Gasteiger partial charge in [-0.1, -0.05) is 0 Å². The molecule has 0 aliphatic heterocycles. The van der Waals surface area contributed by atoms with Gasteiger partial charge in [-0.25, -0.2) is 0 Å². The average Bonchev–Trinajstić information content (AvgIpc) is 3.19. The molecule has 4 N–H and O–H groups in total. The lowest BCUT2D eigenvalue weighted by atomic mass is 9.83. The molecule has 0 bridgehead atoms. The number of ketones is 4. The number of hydrogen-bond acceptors (Lipinski definition) is 13. The van der Waals surface area contributed by atoms with Crippen LogP contribution in [0.1, 0.15) is 89.4 Å². The van der Waals surface area contributed by atoms with Crippen molar-refractivity contribution in [2.75, 3.05) is 109 Å². The summed E-state index contributed by atoms with van der Waals surface area (Å²) in [6.07, 6.45) is 9.46. The van der Waals surface area contributed by atoms with Crippen LogP contribution in [0.15, 0.2) is 61.2 Å². The second-order valence-electron chi connectivity index (χ2n) is 15.0. The summed E-state index contributed by atoms with van der Waals surface area (Å²) in [5, 5.41) is 13.7. The topological polar surface area (TPSA) is 152 Å². The van der Waals surface area contributed by atoms with E-state index < -0.39 is 0 Å². The maximum absolute atomic E-state index is 13.8. The normalized spacial score (nSPS) is 13.1. The van der Waals surface area contributed by atoms with Gasteiger partial charge >= 0.3 is 0 Å². The molecule has 13 nitrogen and oxygen atoms in total. The van der Waals surface area contributed by atoms with Gasteiger partial charge in [0, 0.05) is 84.8 Å². The van der Waals surface area contributed by atoms with E-state index in [0.717, 1.165) is 51.9 Å². The molecular weight excluding hydrogens is 707 g/mol. The summed E-state index contributed by atoms with van der Waals surface area (Å²) < 4.78 is 0. The van der Waals surface area contributed by atoms with Gasteiger partial charge in [0.1, 0.15) is 0 Å². The van der Waals surface area contributed by atoms with Crippen molar-refractivity contribution >= 4 is 45.9 Å². The van der Waals surface area contributed by atoms with Gasteiger partial charge in [-0.2, -0.15) is 0 Å². The van der Waals surface area contributed by atoms with Crippen LogP contribution < -0.4 is 21.3 Å². The molecule has 294 valence electrons. The molecule has 2 aliphatic rings. The molecule has 6 rings (SSSR count). The van der Waals surface area contributed by atoms with Gasteiger partial charge in [0.05, 0.1) is 33.4 Å². The first kappa shape index (κ1) is 40.2. The van der Waals surface area contributed by atoms with Crippen molar-refractivity contribution in [3.63, 3.8) is 0 Å². The minimum atomic E-state index is -0.203. The van der Waals surface area contributed by atoms with Crippen LogP contribution in [0.4, 0.5) is 22.7 Å². The number of benzene rings is 2. The quantitative estimate of drug-likeness (QED) is 0.0775. The molecule has 0 saturated heterocycles. The predicted molar refractivity (Wildman–Crippen MR) is 222 cm³/mol. The standard InChI is InChI=1S/C43H53N9O4/c1-50(2)22-6-16-46-32-10-12-34(38-36(32)40(53)28-14-20-44-26-30(28)42(38)55)48-18-8-24-52(5)25-9-19-49-35-13-11-33(47-17-7-23-51(3)4)37-39(35)43(56)31-27-45-21-15-29(31)41(37)54/h10-15,20-21,26-27,46-49H,6-9,16-19,22-25H2,1-5H3. The number of carbonyl (C=O) groups excluding carboxylic acids is 4. The molecule has 2 aromatic heterocycles. The average molecular weight is 760 g/mol. The highest BCUT2D eigenvalue weighted by Crippen LogP contribution is 2.38. The number of fused-ring (bicyclic) bond motifs is 4. The summed E-state index contributed by atoms with van der Waals surface area (Å²) in [6.45, 7) is 6.00. The van der Waals surface area contributed by atoms with Crippen molar-refractivity contribution in [2.24, 2.45) is 0 Å². The number of rotatable bonds is 20. The third kappa shape index (κ3) is 8.96. The van der Waals surface area contributed by atoms with Crippen molar-refractivity contribution in [3.05, 3.63) is 106 Å². The zero-order chi connectivity index (χ0) is 39.8. The fourth-order valence-electron chi connectivity index (χ4n) is 7.32. The Bertz CT molecular complexity index is 1950. The van der Waals surface area contributed by atoms with Gasteiger partial charge in [-0.05, 0) is 123 Å². The summed E-state index contributed by atoms with van der Waals surface area (Å²) in [6, 6.07) is 10.8. The predicted octanol–water partition coefficient (Wildman–Crippen LogP) is 4.99. The zero-order valence-corrected chi connectivity index (χ0v) is 33.1. The first-order valence-electron chi connectivity index (χ1n) is 19.4. The largest absolute Gasteiger partial charge is 0.384 e. The molecule has 0 saturated carbocycles. The zero-order valence-electron chi connectivity index (χ0n) is 33.1. The lowest BCUT2D eigenvalue weighted by molar-refractivity contribution is 0.0980. The first-order valence-corrected chi connectivity index (χ1v) is 19.4. The fourth-order valence-corrected chi connectivity index (χ4v) is 7.32. The summed E-state index contributed by atoms with van der Waals surface area (Å²) in [7, 11) is 10.2. The van der Waals surface area contributed by atoms with Crippen LogP contribution in [0, 0.1) is 0 Å². The van der Waals surface area contributed by atoms with Crippen LogP contribution in [0.3, 0.4) is 0 Å². The van der Waals surface area contributed by atoms with Gasteiger partial charge in [-0.3, -0.25) is 29.1 Å². The monoisotopic (exact) mass is 759 g/mol. The van der Waals surface area contributed by atoms with Gasteiger partial charge in [0.2, 0.25) is 0 Å². The van der Waals surface area contributed by atoms with Crippen molar-refractivity contribution < 1.29 is 19.2 Å². The minimum absolute atomic E-state index is 0.175. The van der Waals surface area contributed by atoms with Gasteiger partial charge in [0.25, 0.3) is 0 Å². The molecule has 2 heterocycles. The van der Waals surface area contributed by atoms with Crippen LogP contribution in [-0.4, -0.2) is 135 Å². The van der Waals surface area contributed by atoms with Crippen LogP contribution in [0.5, 0.6) is 0 Å². The number of nitrogens with zero attached hydrogens (tertiary/aromatic N) is 5. The number of anilines is 4. The SMILES string of the molecule is CN(C)CCCNc1ccc(NCCCN(C)CCCNc2ccc(NCCCN(C)C)c3c2C(=O)c2cnccc2C3=O)c2c1C(=O)c1ccncc1C2=O. The Morgan fingerprint density at radius 1 is 0.429 bits per heavy atom. The number of aromatic nitrogens is 2. The van der Waals surface area contributed by atoms with Crippen molar-refractivity contribution in [2.45, 2.75) is 25.7 Å². The highest BCUT2D eigenvalue weighted by Gasteiger charge is 2.35. The smallest absolute Gasteiger partial charge is 0.198 e. The van der Waals surface area contributed by atoms with Crippen molar-refractivity contribution in [3.8, 4) is 0 Å². The fraction of sp³-hybridized carbons (Fsp3) is 0.395. The van der Waals surface area contributed by atoms with E-state index in [1.807, 2.05) is 52.5 Å². The molecule has 56 heavy (non-hydrogen) atoms. The number of hydrogen-bond donors (Lipinski definition) is 4. The molecule has 2 aliphatic carbocycles. The van der Waals surface area contributed by atoms with E-state index in [0.29, 0.717) is 93.4 Å². The molecule has 0 unspecified atom stereocenters. The molecule has 0 spiro atoms. The molecule has 0 radical (unpaired) electrons. The van der Waals surface area contributed by atoms with Crippen molar-refractivity contribution in [1.29, 1.82) is 0 Å². The van der Waals surface area contributed by atoms with Crippen LogP contribution in [-0.2, 0) is 0 Å². The Balaban J connectivity index is 1.04. The molecule has 0 amide bonds. The van der Waals surface area contributed by atoms with E-state index in [-0.39, 0.29) is 23.1 Å². The van der Waals surface area contributed by atoms with E-state index in [4.69, 9.17) is 0 Å².